The van der Waals surface area contributed by atoms with Gasteiger partial charge in [-0.25, -0.2) is 0 Å². The first-order valence-corrected chi connectivity index (χ1v) is 5.43. The van der Waals surface area contributed by atoms with Crippen LogP contribution in [0.3, 0.4) is 0 Å². The molecule has 17 heavy (non-hydrogen) atoms. The number of hydrogen-bond donors (Lipinski definition) is 0. The van der Waals surface area contributed by atoms with Crippen LogP contribution < -0.4 is 4.74 Å². The second-order valence-electron chi connectivity index (χ2n) is 3.47. The minimum absolute atomic E-state index is 0.361. The van der Waals surface area contributed by atoms with Crippen molar-refractivity contribution in [3.8, 4) is 11.5 Å². The minimum Gasteiger partial charge on any atom is -0.453 e. The molecule has 0 unspecified atom stereocenters. The molecule has 0 saturated heterocycles. The Balaban J connectivity index is 2.43. The lowest BCUT2D eigenvalue weighted by atomic mass is 10.2. The van der Waals surface area contributed by atoms with Crippen molar-refractivity contribution in [2.45, 2.75) is 6.92 Å². The van der Waals surface area contributed by atoms with E-state index in [-0.39, 0.29) is 0 Å². The van der Waals surface area contributed by atoms with Crippen molar-refractivity contribution >= 4 is 17.9 Å². The van der Waals surface area contributed by atoms with Gasteiger partial charge in [-0.3, -0.25) is 9.78 Å². The van der Waals surface area contributed by atoms with Crippen LogP contribution in [0.15, 0.2) is 36.5 Å². The van der Waals surface area contributed by atoms with Crippen molar-refractivity contribution in [1.29, 1.82) is 0 Å². The maximum absolute atomic E-state index is 10.9. The van der Waals surface area contributed by atoms with Crippen molar-refractivity contribution in [3.05, 3.63) is 52.8 Å². The van der Waals surface area contributed by atoms with E-state index < -0.39 is 0 Å². The average Bonchev–Trinajstić information content (AvgIpc) is 2.34. The first kappa shape index (κ1) is 11.6. The molecule has 0 fully saturated rings. The van der Waals surface area contributed by atoms with Gasteiger partial charge in [-0.1, -0.05) is 17.7 Å². The Morgan fingerprint density at radius 1 is 1.29 bits per heavy atom. The molecule has 0 aliphatic rings. The third-order valence-corrected chi connectivity index (χ3v) is 2.59. The van der Waals surface area contributed by atoms with E-state index in [2.05, 4.69) is 4.98 Å². The summed E-state index contributed by atoms with van der Waals surface area (Å²) in [7, 11) is 0. The summed E-state index contributed by atoms with van der Waals surface area (Å²) in [4.78, 5) is 15.0. The summed E-state index contributed by atoms with van der Waals surface area (Å²) < 4.78 is 5.64. The molecule has 1 heterocycles. The zero-order valence-electron chi connectivity index (χ0n) is 9.18. The molecule has 0 N–H and O–H groups in total. The topological polar surface area (TPSA) is 39.2 Å². The normalized spacial score (nSPS) is 10.0. The van der Waals surface area contributed by atoms with Gasteiger partial charge in [-0.15, -0.1) is 0 Å². The molecule has 0 amide bonds. The number of benzene rings is 1. The molecule has 0 bridgehead atoms. The van der Waals surface area contributed by atoms with E-state index in [4.69, 9.17) is 16.3 Å². The lowest BCUT2D eigenvalue weighted by molar-refractivity contribution is 0.112. The highest BCUT2D eigenvalue weighted by molar-refractivity contribution is 6.32. The van der Waals surface area contributed by atoms with Crippen LogP contribution in [-0.4, -0.2) is 11.3 Å². The fraction of sp³-hybridized carbons (Fsp3) is 0.0769. The predicted octanol–water partition coefficient (Wildman–Crippen LogP) is 3.65. The number of para-hydroxylation sites is 1. The van der Waals surface area contributed by atoms with Crippen molar-refractivity contribution in [3.63, 3.8) is 0 Å². The Bertz CT molecular complexity index is 555. The Morgan fingerprint density at radius 3 is 2.82 bits per heavy atom. The van der Waals surface area contributed by atoms with Gasteiger partial charge in [0.05, 0.1) is 16.3 Å². The Kier molecular flexibility index (Phi) is 3.40. The van der Waals surface area contributed by atoms with Gasteiger partial charge in [0.25, 0.3) is 0 Å². The van der Waals surface area contributed by atoms with E-state index in [9.17, 15) is 4.79 Å². The number of pyridine rings is 1. The van der Waals surface area contributed by atoms with Crippen LogP contribution in [-0.2, 0) is 0 Å². The van der Waals surface area contributed by atoms with Gasteiger partial charge in [-0.2, -0.15) is 0 Å². The number of aromatic nitrogens is 1. The van der Waals surface area contributed by atoms with Gasteiger partial charge in [-0.05, 0) is 31.2 Å². The minimum atomic E-state index is 0.361. The molecule has 0 aliphatic heterocycles. The van der Waals surface area contributed by atoms with E-state index in [1.165, 1.54) is 0 Å². The summed E-state index contributed by atoms with van der Waals surface area (Å²) in [5, 5.41) is 0.401. The highest BCUT2D eigenvalue weighted by Crippen LogP contribution is 2.32. The van der Waals surface area contributed by atoms with E-state index in [1.807, 2.05) is 6.92 Å². The maximum Gasteiger partial charge on any atom is 0.156 e. The zero-order valence-corrected chi connectivity index (χ0v) is 9.94. The van der Waals surface area contributed by atoms with Crippen molar-refractivity contribution in [2.24, 2.45) is 0 Å². The summed E-state index contributed by atoms with van der Waals surface area (Å²) in [5.74, 6) is 0.948. The Morgan fingerprint density at radius 2 is 2.12 bits per heavy atom. The summed E-state index contributed by atoms with van der Waals surface area (Å²) in [6.45, 7) is 1.83. The highest BCUT2D eigenvalue weighted by Gasteiger charge is 2.10. The molecule has 4 heteroatoms. The van der Waals surface area contributed by atoms with Crippen molar-refractivity contribution in [1.82, 2.24) is 4.98 Å². The number of aldehydes is 1. The summed E-state index contributed by atoms with van der Waals surface area (Å²) in [6.07, 6.45) is 2.39. The molecule has 2 aromatic rings. The number of rotatable bonds is 3. The summed E-state index contributed by atoms with van der Waals surface area (Å²) in [5.41, 5.74) is 1.16. The number of carbonyl (C=O) groups excluding carboxylic acids is 1. The lowest BCUT2D eigenvalue weighted by Crippen LogP contribution is -1.94. The number of halogens is 1. The summed E-state index contributed by atoms with van der Waals surface area (Å²) in [6, 6.07) is 8.57. The van der Waals surface area contributed by atoms with Crippen LogP contribution in [0.4, 0.5) is 0 Å². The molecule has 2 rings (SSSR count). The van der Waals surface area contributed by atoms with E-state index in [0.29, 0.717) is 28.4 Å². The van der Waals surface area contributed by atoms with E-state index in [1.54, 1.807) is 36.5 Å². The van der Waals surface area contributed by atoms with Crippen molar-refractivity contribution < 1.29 is 9.53 Å². The fourth-order valence-corrected chi connectivity index (χ4v) is 1.63. The first-order chi connectivity index (χ1) is 8.22. The van der Waals surface area contributed by atoms with Gasteiger partial charge in [0.1, 0.15) is 5.75 Å². The largest absolute Gasteiger partial charge is 0.453 e. The highest BCUT2D eigenvalue weighted by atomic mass is 35.5. The van der Waals surface area contributed by atoms with E-state index in [0.717, 1.165) is 5.69 Å². The van der Waals surface area contributed by atoms with Gasteiger partial charge in [0.2, 0.25) is 0 Å². The molecule has 86 valence electrons. The van der Waals surface area contributed by atoms with E-state index >= 15 is 0 Å². The second kappa shape index (κ2) is 4.97. The monoisotopic (exact) mass is 247 g/mol. The quantitative estimate of drug-likeness (QED) is 0.777. The molecule has 0 saturated carbocycles. The lowest BCUT2D eigenvalue weighted by Gasteiger charge is -2.10. The maximum atomic E-state index is 10.9. The van der Waals surface area contributed by atoms with Gasteiger partial charge >= 0.3 is 0 Å². The molecule has 0 spiro atoms. The third-order valence-electron chi connectivity index (χ3n) is 2.29. The molecule has 1 aromatic heterocycles. The van der Waals surface area contributed by atoms with Crippen LogP contribution in [0.5, 0.6) is 11.5 Å². The number of carbonyl (C=O) groups is 1. The Labute approximate surface area is 104 Å². The third kappa shape index (κ3) is 2.45. The van der Waals surface area contributed by atoms with Crippen molar-refractivity contribution in [2.75, 3.05) is 0 Å². The van der Waals surface area contributed by atoms with Crippen LogP contribution >= 0.6 is 11.6 Å². The summed E-state index contributed by atoms with van der Waals surface area (Å²) >= 11 is 6.01. The molecule has 0 aliphatic carbocycles. The zero-order chi connectivity index (χ0) is 12.3. The number of ether oxygens (including phenoxy) is 1. The average molecular weight is 248 g/mol. The molecule has 3 nitrogen and oxygen atoms in total. The first-order valence-electron chi connectivity index (χ1n) is 5.05. The smallest absolute Gasteiger partial charge is 0.156 e. The number of nitrogens with zero attached hydrogens (tertiary/aromatic N) is 1. The van der Waals surface area contributed by atoms with Crippen LogP contribution in [0.2, 0.25) is 5.02 Å². The molecule has 1 aromatic carbocycles. The van der Waals surface area contributed by atoms with Gasteiger partial charge in [0, 0.05) is 6.20 Å². The Hall–Kier alpha value is -1.87. The van der Waals surface area contributed by atoms with Crippen LogP contribution in [0.25, 0.3) is 0 Å². The number of hydrogen-bond acceptors (Lipinski definition) is 3. The fourth-order valence-electron chi connectivity index (χ4n) is 1.41. The molecular weight excluding hydrogens is 238 g/mol. The number of aryl methyl sites for hydroxylation is 1. The SMILES string of the molecule is Cc1ncccc1Oc1c(Cl)cccc1C=O. The predicted molar refractivity (Wildman–Crippen MR) is 65.9 cm³/mol. The standard InChI is InChI=1S/C13H10ClNO2/c1-9-12(6-3-7-15-9)17-13-10(8-16)4-2-5-11(13)14/h2-8H,1H3. The molecule has 0 atom stereocenters. The van der Waals surface area contributed by atoms with Crippen LogP contribution in [0, 0.1) is 6.92 Å². The van der Waals surface area contributed by atoms with Gasteiger partial charge < -0.3 is 4.74 Å². The van der Waals surface area contributed by atoms with Gasteiger partial charge in [0.15, 0.2) is 12.0 Å². The second-order valence-corrected chi connectivity index (χ2v) is 3.87. The molecular formula is C13H10ClNO2. The molecule has 0 radical (unpaired) electrons. The van der Waals surface area contributed by atoms with Crippen LogP contribution in [0.1, 0.15) is 16.1 Å².